The summed E-state index contributed by atoms with van der Waals surface area (Å²) in [6.07, 6.45) is 43.1. The molecule has 0 atom stereocenters. The summed E-state index contributed by atoms with van der Waals surface area (Å²) >= 11 is 0. The van der Waals surface area contributed by atoms with E-state index >= 15 is 0 Å². The quantitative estimate of drug-likeness (QED) is 0.0295. The van der Waals surface area contributed by atoms with Crippen LogP contribution in [0.3, 0.4) is 0 Å². The Labute approximate surface area is 297 Å². The van der Waals surface area contributed by atoms with E-state index in [2.05, 4.69) is 62.5 Å². The van der Waals surface area contributed by atoms with E-state index in [0.717, 1.165) is 77.0 Å². The van der Waals surface area contributed by atoms with Crippen LogP contribution in [0.5, 0.6) is 0 Å². The van der Waals surface area contributed by atoms with E-state index in [0.29, 0.717) is 19.4 Å². The normalized spacial score (nSPS) is 12.5. The van der Waals surface area contributed by atoms with Crippen LogP contribution < -0.4 is 0 Å². The number of allylic oxidation sites excluding steroid dienone is 8. The molecule has 48 heavy (non-hydrogen) atoms. The number of carbonyl (C=O) groups excluding carboxylic acids is 3. The molecule has 0 aliphatic rings. The first kappa shape index (κ1) is 45.7. The lowest BCUT2D eigenvalue weighted by Gasteiger charge is -2.29. The first-order valence-corrected chi connectivity index (χ1v) is 19.8. The zero-order chi connectivity index (χ0) is 35.6. The van der Waals surface area contributed by atoms with Crippen molar-refractivity contribution in [3.8, 4) is 0 Å². The number of hydrogen-bond acceptors (Lipinski definition) is 5. The van der Waals surface area contributed by atoms with Crippen LogP contribution >= 0.6 is 0 Å². The number of ketones is 2. The molecule has 0 radical (unpaired) electrons. The van der Waals surface area contributed by atoms with Crippen molar-refractivity contribution in [1.82, 2.24) is 4.90 Å². The molecule has 0 heterocycles. The lowest BCUT2D eigenvalue weighted by molar-refractivity contribution is -0.163. The van der Waals surface area contributed by atoms with Crippen LogP contribution in [0.2, 0.25) is 0 Å². The van der Waals surface area contributed by atoms with Gasteiger partial charge in [-0.2, -0.15) is 0 Å². The SMILES string of the molecule is CCCCC/C=C\C/C=C\CCCCCCCC(=O)C(CCN(C)C)(C(=O)CCCCCCC/C=C\C/C=C\CCCCC)C(=O)OC. The Morgan fingerprint density at radius 2 is 0.875 bits per heavy atom. The summed E-state index contributed by atoms with van der Waals surface area (Å²) in [5.41, 5.74) is -1.68. The van der Waals surface area contributed by atoms with E-state index in [1.807, 2.05) is 19.0 Å². The number of methoxy groups -OCH3 is 1. The number of nitrogens with zero attached hydrogens (tertiary/aromatic N) is 1. The van der Waals surface area contributed by atoms with E-state index in [9.17, 15) is 14.4 Å². The molecule has 0 amide bonds. The van der Waals surface area contributed by atoms with Crippen molar-refractivity contribution in [2.75, 3.05) is 27.7 Å². The van der Waals surface area contributed by atoms with Gasteiger partial charge in [-0.05, 0) is 104 Å². The number of hydrogen-bond donors (Lipinski definition) is 0. The number of Topliss-reactive ketones (excluding diaryl/α,β-unsaturated/α-hetero) is 2. The van der Waals surface area contributed by atoms with Crippen LogP contribution in [-0.2, 0) is 19.1 Å². The first-order chi connectivity index (χ1) is 23.4. The molecule has 0 N–H and O–H groups in total. The second kappa shape index (κ2) is 33.2. The van der Waals surface area contributed by atoms with Crippen LogP contribution in [0.1, 0.15) is 174 Å². The van der Waals surface area contributed by atoms with Crippen LogP contribution in [0.15, 0.2) is 48.6 Å². The molecule has 0 aliphatic carbocycles. The Kier molecular flexibility index (Phi) is 31.7. The molecule has 0 aromatic carbocycles. The van der Waals surface area contributed by atoms with Gasteiger partial charge in [-0.25, -0.2) is 0 Å². The van der Waals surface area contributed by atoms with Gasteiger partial charge in [0.1, 0.15) is 0 Å². The van der Waals surface area contributed by atoms with Crippen molar-refractivity contribution in [3.05, 3.63) is 48.6 Å². The number of esters is 1. The Morgan fingerprint density at radius 1 is 0.521 bits per heavy atom. The molecule has 0 fully saturated rings. The smallest absolute Gasteiger partial charge is 0.327 e. The fourth-order valence-electron chi connectivity index (χ4n) is 5.95. The number of rotatable bonds is 34. The van der Waals surface area contributed by atoms with Crippen LogP contribution in [-0.4, -0.2) is 50.2 Å². The zero-order valence-electron chi connectivity index (χ0n) is 32.1. The molecule has 0 bridgehead atoms. The van der Waals surface area contributed by atoms with Crippen molar-refractivity contribution in [2.45, 2.75) is 174 Å². The summed E-state index contributed by atoms with van der Waals surface area (Å²) in [5, 5.41) is 0. The Balaban J connectivity index is 4.56. The van der Waals surface area contributed by atoms with Gasteiger partial charge in [0, 0.05) is 12.8 Å². The van der Waals surface area contributed by atoms with Crippen molar-refractivity contribution in [3.63, 3.8) is 0 Å². The van der Waals surface area contributed by atoms with Crippen LogP contribution in [0.4, 0.5) is 0 Å². The Hall–Kier alpha value is -2.27. The predicted octanol–water partition coefficient (Wildman–Crippen LogP) is 11.9. The van der Waals surface area contributed by atoms with Gasteiger partial charge < -0.3 is 9.64 Å². The third kappa shape index (κ3) is 24.0. The zero-order valence-corrected chi connectivity index (χ0v) is 32.1. The minimum Gasteiger partial charge on any atom is -0.468 e. The average molecular weight is 670 g/mol. The summed E-state index contributed by atoms with van der Waals surface area (Å²) in [5.74, 6) is -1.19. The highest BCUT2D eigenvalue weighted by molar-refractivity contribution is 6.22. The molecule has 0 unspecified atom stereocenters. The van der Waals surface area contributed by atoms with Crippen LogP contribution in [0, 0.1) is 5.41 Å². The summed E-state index contributed by atoms with van der Waals surface area (Å²) in [4.78, 5) is 42.4. The molecule has 0 saturated heterocycles. The minimum atomic E-state index is -1.68. The minimum absolute atomic E-state index is 0.185. The Bertz CT molecular complexity index is 856. The highest BCUT2D eigenvalue weighted by Crippen LogP contribution is 2.32. The van der Waals surface area contributed by atoms with Crippen molar-refractivity contribution >= 4 is 17.5 Å². The largest absolute Gasteiger partial charge is 0.468 e. The van der Waals surface area contributed by atoms with Gasteiger partial charge >= 0.3 is 5.97 Å². The third-order valence-corrected chi connectivity index (χ3v) is 9.13. The number of carbonyl (C=O) groups is 3. The average Bonchev–Trinajstić information content (AvgIpc) is 3.08. The van der Waals surface area contributed by atoms with Crippen molar-refractivity contribution in [2.24, 2.45) is 5.41 Å². The first-order valence-electron chi connectivity index (χ1n) is 19.8. The van der Waals surface area contributed by atoms with Crippen molar-refractivity contribution < 1.29 is 19.1 Å². The molecule has 5 nitrogen and oxygen atoms in total. The maximum atomic E-state index is 13.6. The van der Waals surface area contributed by atoms with Gasteiger partial charge in [0.05, 0.1) is 7.11 Å². The third-order valence-electron chi connectivity index (χ3n) is 9.13. The molecular formula is C43H75NO4. The van der Waals surface area contributed by atoms with Gasteiger partial charge in [0.2, 0.25) is 0 Å². The number of unbranched alkanes of at least 4 members (excludes halogenated alkanes) is 16. The van der Waals surface area contributed by atoms with E-state index in [1.165, 1.54) is 58.5 Å². The highest BCUT2D eigenvalue weighted by atomic mass is 16.5. The van der Waals surface area contributed by atoms with Gasteiger partial charge in [-0.15, -0.1) is 0 Å². The topological polar surface area (TPSA) is 63.7 Å². The maximum Gasteiger partial charge on any atom is 0.327 e. The molecule has 0 saturated carbocycles. The van der Waals surface area contributed by atoms with Crippen LogP contribution in [0.25, 0.3) is 0 Å². The maximum absolute atomic E-state index is 13.6. The van der Waals surface area contributed by atoms with E-state index in [1.54, 1.807) is 0 Å². The lowest BCUT2D eigenvalue weighted by atomic mass is 9.73. The fourth-order valence-corrected chi connectivity index (χ4v) is 5.95. The summed E-state index contributed by atoms with van der Waals surface area (Å²) < 4.78 is 5.13. The van der Waals surface area contributed by atoms with Gasteiger partial charge in [-0.1, -0.05) is 127 Å². The fraction of sp³-hybridized carbons (Fsp3) is 0.744. The Morgan fingerprint density at radius 3 is 1.23 bits per heavy atom. The lowest BCUT2D eigenvalue weighted by Crippen LogP contribution is -2.48. The predicted molar refractivity (Wildman–Crippen MR) is 206 cm³/mol. The molecule has 0 aromatic heterocycles. The molecule has 5 heteroatoms. The molecule has 0 aliphatic heterocycles. The second-order valence-corrected chi connectivity index (χ2v) is 13.8. The number of ether oxygens (including phenoxy) is 1. The monoisotopic (exact) mass is 670 g/mol. The second-order valence-electron chi connectivity index (χ2n) is 13.8. The van der Waals surface area contributed by atoms with E-state index in [4.69, 9.17) is 4.74 Å². The van der Waals surface area contributed by atoms with E-state index < -0.39 is 11.4 Å². The van der Waals surface area contributed by atoms with Crippen molar-refractivity contribution in [1.29, 1.82) is 0 Å². The van der Waals surface area contributed by atoms with Gasteiger partial charge in [0.15, 0.2) is 17.0 Å². The molecule has 0 rings (SSSR count). The molecule has 0 aromatic rings. The van der Waals surface area contributed by atoms with Gasteiger partial charge in [-0.3, -0.25) is 14.4 Å². The molecule has 276 valence electrons. The summed E-state index contributed by atoms with van der Waals surface area (Å²) in [6.45, 7) is 4.95. The summed E-state index contributed by atoms with van der Waals surface area (Å²) in [6, 6.07) is 0. The highest BCUT2D eigenvalue weighted by Gasteiger charge is 2.51. The molecular weight excluding hydrogens is 594 g/mol. The van der Waals surface area contributed by atoms with E-state index in [-0.39, 0.29) is 30.8 Å². The standard InChI is InChI=1S/C43H75NO4/c1-6-8-10-12-14-16-18-20-22-24-26-28-30-32-34-36-40(45)43(42(47)48-5,38-39-44(3)4)41(46)37-35-33-31-29-27-25-23-21-19-17-15-13-11-9-7-2/h14-17,20-23H,6-13,18-19,24-39H2,1-5H3/b16-14-,17-15-,22-20-,23-21-. The summed E-state index contributed by atoms with van der Waals surface area (Å²) in [7, 11) is 5.10. The molecule has 0 spiro atoms. The van der Waals surface area contributed by atoms with Gasteiger partial charge in [0.25, 0.3) is 0 Å².